The Balaban J connectivity index is 1.73. The monoisotopic (exact) mass is 273 g/mol. The van der Waals surface area contributed by atoms with Gasteiger partial charge in [0.2, 0.25) is 0 Å². The van der Waals surface area contributed by atoms with Gasteiger partial charge in [-0.2, -0.15) is 5.26 Å². The van der Waals surface area contributed by atoms with Gasteiger partial charge >= 0.3 is 0 Å². The Morgan fingerprint density at radius 1 is 1.40 bits per heavy atom. The van der Waals surface area contributed by atoms with Gasteiger partial charge in [0.1, 0.15) is 0 Å². The molecule has 0 aromatic heterocycles. The fourth-order valence-corrected chi connectivity index (χ4v) is 2.71. The molecule has 0 saturated carbocycles. The molecule has 1 atom stereocenters. The zero-order valence-corrected chi connectivity index (χ0v) is 12.1. The molecule has 0 bridgehead atoms. The number of methoxy groups -OCH3 is 1. The number of benzene rings is 1. The lowest BCUT2D eigenvalue weighted by molar-refractivity contribution is 0.140. The van der Waals surface area contributed by atoms with E-state index in [0.29, 0.717) is 6.04 Å². The summed E-state index contributed by atoms with van der Waals surface area (Å²) < 4.78 is 5.16. The number of nitrogens with zero attached hydrogens (tertiary/aromatic N) is 2. The molecule has 4 nitrogen and oxygen atoms in total. The van der Waals surface area contributed by atoms with E-state index in [9.17, 15) is 0 Å². The van der Waals surface area contributed by atoms with Gasteiger partial charge in [0, 0.05) is 32.8 Å². The van der Waals surface area contributed by atoms with Crippen molar-refractivity contribution in [3.63, 3.8) is 0 Å². The van der Waals surface area contributed by atoms with Crippen molar-refractivity contribution in [1.29, 1.82) is 5.26 Å². The highest BCUT2D eigenvalue weighted by atomic mass is 16.5. The van der Waals surface area contributed by atoms with Crippen molar-refractivity contribution < 1.29 is 4.74 Å². The van der Waals surface area contributed by atoms with Crippen LogP contribution in [0.25, 0.3) is 0 Å². The molecule has 1 unspecified atom stereocenters. The van der Waals surface area contributed by atoms with Crippen molar-refractivity contribution in [3.8, 4) is 6.07 Å². The zero-order valence-electron chi connectivity index (χ0n) is 12.1. The number of nitriles is 1. The van der Waals surface area contributed by atoms with E-state index in [4.69, 9.17) is 10.00 Å². The van der Waals surface area contributed by atoms with Crippen LogP contribution in [0.15, 0.2) is 24.3 Å². The van der Waals surface area contributed by atoms with E-state index < -0.39 is 0 Å². The van der Waals surface area contributed by atoms with Crippen LogP contribution in [-0.4, -0.2) is 44.3 Å². The van der Waals surface area contributed by atoms with Gasteiger partial charge in [0.25, 0.3) is 0 Å². The van der Waals surface area contributed by atoms with Gasteiger partial charge in [-0.15, -0.1) is 0 Å². The Kier molecular flexibility index (Phi) is 6.00. The number of likely N-dealkylation sites (tertiary alicyclic amines) is 1. The number of rotatable bonds is 7. The van der Waals surface area contributed by atoms with Gasteiger partial charge in [-0.05, 0) is 37.1 Å². The second-order valence-electron chi connectivity index (χ2n) is 5.26. The molecule has 108 valence electrons. The highest BCUT2D eigenvalue weighted by Gasteiger charge is 2.23. The Morgan fingerprint density at radius 2 is 2.20 bits per heavy atom. The minimum Gasteiger partial charge on any atom is -0.383 e. The van der Waals surface area contributed by atoms with Gasteiger partial charge in [-0.3, -0.25) is 4.90 Å². The second kappa shape index (κ2) is 8.01. The average Bonchev–Trinajstić information content (AvgIpc) is 2.93. The molecule has 4 heteroatoms. The fourth-order valence-electron chi connectivity index (χ4n) is 2.71. The summed E-state index contributed by atoms with van der Waals surface area (Å²) in [5, 5.41) is 12.3. The van der Waals surface area contributed by atoms with Crippen LogP contribution in [-0.2, 0) is 11.3 Å². The van der Waals surface area contributed by atoms with Crippen LogP contribution in [0.3, 0.4) is 0 Å². The largest absolute Gasteiger partial charge is 0.383 e. The quantitative estimate of drug-likeness (QED) is 0.822. The second-order valence-corrected chi connectivity index (χ2v) is 5.26. The minimum atomic E-state index is 0.628. The van der Waals surface area contributed by atoms with E-state index in [-0.39, 0.29) is 0 Å². The third kappa shape index (κ3) is 4.31. The van der Waals surface area contributed by atoms with E-state index in [1.165, 1.54) is 24.9 Å². The van der Waals surface area contributed by atoms with Crippen LogP contribution in [0.4, 0.5) is 0 Å². The molecule has 20 heavy (non-hydrogen) atoms. The maximum atomic E-state index is 8.77. The summed E-state index contributed by atoms with van der Waals surface area (Å²) in [6.45, 7) is 4.91. The summed E-state index contributed by atoms with van der Waals surface area (Å²) in [5.74, 6) is 0. The van der Waals surface area contributed by atoms with Gasteiger partial charge in [0.05, 0.1) is 18.2 Å². The molecule has 0 amide bonds. The molecule has 1 heterocycles. The Bertz CT molecular complexity index is 438. The predicted octanol–water partition coefficient (Wildman–Crippen LogP) is 1.76. The molecule has 1 N–H and O–H groups in total. The lowest BCUT2D eigenvalue weighted by Gasteiger charge is -2.24. The highest BCUT2D eigenvalue weighted by Crippen LogP contribution is 2.16. The molecule has 1 aromatic rings. The topological polar surface area (TPSA) is 48.3 Å². The molecule has 1 saturated heterocycles. The molecule has 0 radical (unpaired) electrons. The first kappa shape index (κ1) is 15.0. The predicted molar refractivity (Wildman–Crippen MR) is 79.3 cm³/mol. The van der Waals surface area contributed by atoms with Gasteiger partial charge in [-0.1, -0.05) is 12.1 Å². The van der Waals surface area contributed by atoms with Crippen LogP contribution < -0.4 is 5.32 Å². The van der Waals surface area contributed by atoms with E-state index in [2.05, 4.69) is 16.3 Å². The van der Waals surface area contributed by atoms with Gasteiger partial charge in [-0.25, -0.2) is 0 Å². The molecule has 0 aliphatic carbocycles. The van der Waals surface area contributed by atoms with Crippen LogP contribution in [0.1, 0.15) is 24.0 Å². The van der Waals surface area contributed by atoms with Gasteiger partial charge in [0.15, 0.2) is 0 Å². The Hall–Kier alpha value is -1.41. The van der Waals surface area contributed by atoms with Gasteiger partial charge < -0.3 is 10.1 Å². The van der Waals surface area contributed by atoms with E-state index in [0.717, 1.165) is 31.8 Å². The molecule has 1 aliphatic heterocycles. The number of hydrogen-bond donors (Lipinski definition) is 1. The van der Waals surface area contributed by atoms with Crippen LogP contribution in [0.2, 0.25) is 0 Å². The number of ether oxygens (including phenoxy) is 1. The average molecular weight is 273 g/mol. The first-order chi connectivity index (χ1) is 9.83. The number of hydrogen-bond acceptors (Lipinski definition) is 4. The Morgan fingerprint density at radius 3 is 2.90 bits per heavy atom. The normalized spacial score (nSPS) is 19.1. The maximum absolute atomic E-state index is 8.77. The van der Waals surface area contributed by atoms with Crippen molar-refractivity contribution >= 4 is 0 Å². The Labute approximate surface area is 121 Å². The van der Waals surface area contributed by atoms with Crippen LogP contribution in [0, 0.1) is 11.3 Å². The highest BCUT2D eigenvalue weighted by molar-refractivity contribution is 5.31. The van der Waals surface area contributed by atoms with Crippen molar-refractivity contribution in [2.45, 2.75) is 25.4 Å². The summed E-state index contributed by atoms with van der Waals surface area (Å²) in [7, 11) is 1.76. The summed E-state index contributed by atoms with van der Waals surface area (Å²) in [5.41, 5.74) is 1.95. The molecule has 0 spiro atoms. The van der Waals surface area contributed by atoms with Crippen LogP contribution >= 0.6 is 0 Å². The first-order valence-corrected chi connectivity index (χ1v) is 7.26. The smallest absolute Gasteiger partial charge is 0.0991 e. The van der Waals surface area contributed by atoms with E-state index in [1.807, 2.05) is 24.3 Å². The molecular formula is C16H23N3O. The standard InChI is InChI=1S/C16H23N3O/c1-20-10-9-19-8-2-3-16(19)13-18-12-15-6-4-14(11-17)5-7-15/h4-7,16,18H,2-3,8-10,12-13H2,1H3. The molecule has 1 aliphatic rings. The lowest BCUT2D eigenvalue weighted by atomic mass is 10.1. The van der Waals surface area contributed by atoms with Crippen LogP contribution in [0.5, 0.6) is 0 Å². The van der Waals surface area contributed by atoms with E-state index >= 15 is 0 Å². The van der Waals surface area contributed by atoms with Crippen molar-refractivity contribution in [2.24, 2.45) is 0 Å². The molecule has 1 aromatic carbocycles. The third-order valence-electron chi connectivity index (χ3n) is 3.87. The molecule has 1 fully saturated rings. The van der Waals surface area contributed by atoms with Crippen molar-refractivity contribution in [3.05, 3.63) is 35.4 Å². The molecular weight excluding hydrogens is 250 g/mol. The van der Waals surface area contributed by atoms with Crippen molar-refractivity contribution in [1.82, 2.24) is 10.2 Å². The zero-order chi connectivity index (χ0) is 14.2. The van der Waals surface area contributed by atoms with E-state index in [1.54, 1.807) is 7.11 Å². The number of nitrogens with one attached hydrogen (secondary N) is 1. The summed E-state index contributed by atoms with van der Waals surface area (Å²) in [6.07, 6.45) is 2.55. The third-order valence-corrected chi connectivity index (χ3v) is 3.87. The summed E-state index contributed by atoms with van der Waals surface area (Å²) >= 11 is 0. The molecule has 2 rings (SSSR count). The maximum Gasteiger partial charge on any atom is 0.0991 e. The van der Waals surface area contributed by atoms with Crippen molar-refractivity contribution in [2.75, 3.05) is 33.4 Å². The SMILES string of the molecule is COCCN1CCCC1CNCc1ccc(C#N)cc1. The first-order valence-electron chi connectivity index (χ1n) is 7.26. The minimum absolute atomic E-state index is 0.628. The summed E-state index contributed by atoms with van der Waals surface area (Å²) in [6, 6.07) is 10.5. The lowest BCUT2D eigenvalue weighted by Crippen LogP contribution is -2.39. The summed E-state index contributed by atoms with van der Waals surface area (Å²) in [4.78, 5) is 2.51. The fraction of sp³-hybridized carbons (Fsp3) is 0.562.